The first-order valence-electron chi connectivity index (χ1n) is 11.5. The molecular formula is C24H30N4O8P+. The van der Waals surface area contributed by atoms with Crippen molar-refractivity contribution in [1.82, 2.24) is 10.1 Å². The molecule has 0 saturated carbocycles. The Bertz CT molecular complexity index is 1320. The van der Waals surface area contributed by atoms with E-state index < -0.39 is 13.9 Å². The molecule has 4 rings (SSSR count). The number of aromatic nitrogens is 3. The maximum atomic E-state index is 12.1. The number of rotatable bonds is 9. The molecule has 0 amide bonds. The van der Waals surface area contributed by atoms with Crippen LogP contribution in [0.3, 0.4) is 0 Å². The van der Waals surface area contributed by atoms with Crippen molar-refractivity contribution >= 4 is 19.4 Å². The third-order valence-corrected chi connectivity index (χ3v) is 6.09. The number of ketones is 1. The second-order valence-corrected chi connectivity index (χ2v) is 9.22. The molecular weight excluding hydrogens is 503 g/mol. The van der Waals surface area contributed by atoms with Gasteiger partial charge in [0.05, 0.1) is 11.9 Å². The Morgan fingerprint density at radius 1 is 1.27 bits per heavy atom. The normalized spacial score (nSPS) is 16.6. The van der Waals surface area contributed by atoms with Gasteiger partial charge in [0.25, 0.3) is 5.82 Å². The van der Waals surface area contributed by atoms with E-state index in [4.69, 9.17) is 24.3 Å². The van der Waals surface area contributed by atoms with Crippen LogP contribution in [0.5, 0.6) is 5.88 Å². The van der Waals surface area contributed by atoms with E-state index in [9.17, 15) is 14.3 Å². The van der Waals surface area contributed by atoms with Crippen LogP contribution in [0, 0.1) is 0 Å². The Morgan fingerprint density at radius 3 is 2.65 bits per heavy atom. The summed E-state index contributed by atoms with van der Waals surface area (Å²) in [7, 11) is -3.08. The minimum Gasteiger partial charge on any atom is -0.483 e. The third kappa shape index (κ3) is 6.80. The molecule has 0 spiro atoms. The van der Waals surface area contributed by atoms with E-state index in [0.29, 0.717) is 29.2 Å². The average Bonchev–Trinajstić information content (AvgIpc) is 3.45. The maximum Gasteiger partial charge on any atom is 0.475 e. The predicted molar refractivity (Wildman–Crippen MR) is 132 cm³/mol. The van der Waals surface area contributed by atoms with E-state index in [1.807, 2.05) is 13.8 Å². The van der Waals surface area contributed by atoms with E-state index in [1.54, 1.807) is 56.6 Å². The fourth-order valence-corrected chi connectivity index (χ4v) is 3.71. The number of nitrogens with zero attached hydrogens (tertiary/aromatic N) is 3. The second kappa shape index (κ2) is 12.1. The number of hydrogen-bond donors (Lipinski definition) is 2. The van der Waals surface area contributed by atoms with Gasteiger partial charge in [-0.15, -0.1) is 0 Å². The first kappa shape index (κ1) is 28.0. The van der Waals surface area contributed by atoms with E-state index in [1.165, 1.54) is 4.57 Å². The number of pyridine rings is 2. The third-order valence-electron chi connectivity index (χ3n) is 5.19. The highest BCUT2D eigenvalue weighted by Gasteiger charge is 2.32. The van der Waals surface area contributed by atoms with Gasteiger partial charge < -0.3 is 18.9 Å². The van der Waals surface area contributed by atoms with E-state index in [0.717, 1.165) is 12.7 Å². The predicted octanol–water partition coefficient (Wildman–Crippen LogP) is 3.54. The SMILES string of the molecule is CC.COP(=O)(O)OC[n+]1cccc(-c2cc(Cc3ccc(OC4=C(C)OC(C)C4=O)nc3)no2)c1N. The van der Waals surface area contributed by atoms with Crippen LogP contribution in [0.1, 0.15) is 39.0 Å². The molecule has 0 bridgehead atoms. The van der Waals surface area contributed by atoms with Crippen molar-refractivity contribution in [2.75, 3.05) is 12.8 Å². The van der Waals surface area contributed by atoms with E-state index >= 15 is 0 Å². The van der Waals surface area contributed by atoms with Crippen LogP contribution in [0.4, 0.5) is 5.82 Å². The zero-order chi connectivity index (χ0) is 27.2. The molecule has 0 aromatic carbocycles. The molecule has 1 aliphatic heterocycles. The Balaban J connectivity index is 0.00000186. The molecule has 13 heteroatoms. The number of ether oxygens (including phenoxy) is 2. The number of carbonyl (C=O) groups is 1. The van der Waals surface area contributed by atoms with E-state index in [2.05, 4.69) is 14.7 Å². The number of carbonyl (C=O) groups excluding carboxylic acids is 1. The van der Waals surface area contributed by atoms with Gasteiger partial charge in [-0.25, -0.2) is 18.6 Å². The number of anilines is 1. The summed E-state index contributed by atoms with van der Waals surface area (Å²) in [6, 6.07) is 8.61. The summed E-state index contributed by atoms with van der Waals surface area (Å²) in [6.07, 6.45) is 3.07. The summed E-state index contributed by atoms with van der Waals surface area (Å²) in [5, 5.41) is 4.09. The van der Waals surface area contributed by atoms with Gasteiger partial charge in [-0.1, -0.05) is 25.1 Å². The molecule has 37 heavy (non-hydrogen) atoms. The first-order chi connectivity index (χ1) is 17.7. The number of nitrogen functional groups attached to an aromatic ring is 1. The van der Waals surface area contributed by atoms with Gasteiger partial charge in [0.2, 0.25) is 24.2 Å². The van der Waals surface area contributed by atoms with Crippen molar-refractivity contribution in [3.63, 3.8) is 0 Å². The highest BCUT2D eigenvalue weighted by Crippen LogP contribution is 2.41. The molecule has 0 fully saturated rings. The number of nitrogens with two attached hydrogens (primary N) is 1. The lowest BCUT2D eigenvalue weighted by Crippen LogP contribution is -2.38. The Kier molecular flexibility index (Phi) is 9.17. The van der Waals surface area contributed by atoms with Gasteiger partial charge in [0.1, 0.15) is 11.3 Å². The monoisotopic (exact) mass is 533 g/mol. The van der Waals surface area contributed by atoms with Gasteiger partial charge in [0.15, 0.2) is 11.9 Å². The number of phosphoric acid groups is 1. The summed E-state index contributed by atoms with van der Waals surface area (Å²) < 4.78 is 38.7. The highest BCUT2D eigenvalue weighted by atomic mass is 31.2. The van der Waals surface area contributed by atoms with Gasteiger partial charge in [0, 0.05) is 31.9 Å². The molecule has 12 nitrogen and oxygen atoms in total. The Morgan fingerprint density at radius 2 is 2.03 bits per heavy atom. The summed E-state index contributed by atoms with van der Waals surface area (Å²) in [5.41, 5.74) is 8.19. The lowest BCUT2D eigenvalue weighted by molar-refractivity contribution is -0.711. The standard InChI is InChI=1S/C22H23N4O8P.C2H6/c1-13-20(27)21(14(2)32-13)33-19-7-6-15(11-24-19)9-16-10-18(34-25-16)17-5-4-8-26(22(17)23)12-31-35(28,29)30-3;1-2/h4-8,10-11,13,23H,9,12H2,1-3H3,(H,28,29);1-2H3/p+1. The lowest BCUT2D eigenvalue weighted by Gasteiger charge is -2.09. The van der Waals surface area contributed by atoms with Crippen molar-refractivity contribution in [3.8, 4) is 17.2 Å². The van der Waals surface area contributed by atoms with Gasteiger partial charge in [-0.05, 0) is 31.5 Å². The average molecular weight is 533 g/mol. The molecule has 2 unspecified atom stereocenters. The molecule has 198 valence electrons. The summed E-state index contributed by atoms with van der Waals surface area (Å²) in [5.74, 6) is 1.31. The van der Waals surface area contributed by atoms with Crippen LogP contribution in [0.25, 0.3) is 11.3 Å². The fourth-order valence-electron chi connectivity index (χ4n) is 3.34. The smallest absolute Gasteiger partial charge is 0.475 e. The zero-order valence-electron chi connectivity index (χ0n) is 21.2. The van der Waals surface area contributed by atoms with Crippen molar-refractivity contribution in [2.45, 2.75) is 47.0 Å². The summed E-state index contributed by atoms with van der Waals surface area (Å²) in [6.45, 7) is 7.04. The van der Waals surface area contributed by atoms with Crippen LogP contribution in [-0.2, 0) is 36.3 Å². The zero-order valence-corrected chi connectivity index (χ0v) is 22.1. The Labute approximate surface area is 214 Å². The van der Waals surface area contributed by atoms with Crippen LogP contribution < -0.4 is 15.0 Å². The lowest BCUT2D eigenvalue weighted by atomic mass is 10.1. The maximum absolute atomic E-state index is 12.1. The molecule has 4 heterocycles. The minimum atomic E-state index is -4.15. The van der Waals surface area contributed by atoms with Crippen molar-refractivity contribution < 1.29 is 41.9 Å². The molecule has 3 aromatic heterocycles. The van der Waals surface area contributed by atoms with Gasteiger partial charge >= 0.3 is 7.82 Å². The van der Waals surface area contributed by atoms with Crippen molar-refractivity contribution in [2.24, 2.45) is 0 Å². The highest BCUT2D eigenvalue weighted by molar-refractivity contribution is 7.47. The number of phosphoric ester groups is 1. The first-order valence-corrected chi connectivity index (χ1v) is 13.0. The van der Waals surface area contributed by atoms with E-state index in [-0.39, 0.29) is 30.0 Å². The van der Waals surface area contributed by atoms with Crippen LogP contribution in [-0.4, -0.2) is 34.0 Å². The van der Waals surface area contributed by atoms with Crippen LogP contribution in [0.2, 0.25) is 0 Å². The quantitative estimate of drug-likeness (QED) is 0.306. The van der Waals surface area contributed by atoms with Gasteiger partial charge in [-0.2, -0.15) is 0 Å². The fraction of sp³-hybridized carbons (Fsp3) is 0.333. The topological polar surface area (TPSA) is 160 Å². The molecule has 0 radical (unpaired) electrons. The molecule has 3 aromatic rings. The molecule has 0 aliphatic carbocycles. The summed E-state index contributed by atoms with van der Waals surface area (Å²) >= 11 is 0. The molecule has 2 atom stereocenters. The number of Topliss-reactive ketones (excluding diaryl/α,β-unsaturated/α-hetero) is 1. The van der Waals surface area contributed by atoms with Crippen molar-refractivity contribution in [1.29, 1.82) is 0 Å². The second-order valence-electron chi connectivity index (χ2n) is 7.66. The van der Waals surface area contributed by atoms with Crippen LogP contribution in [0.15, 0.2) is 58.8 Å². The molecule has 1 aliphatic rings. The van der Waals surface area contributed by atoms with Crippen LogP contribution >= 0.6 is 7.82 Å². The number of hydrogen-bond acceptors (Lipinski definition) is 10. The van der Waals surface area contributed by atoms with Gasteiger partial charge in [-0.3, -0.25) is 15.1 Å². The van der Waals surface area contributed by atoms with Crippen molar-refractivity contribution in [3.05, 3.63) is 65.5 Å². The largest absolute Gasteiger partial charge is 0.483 e. The Hall–Kier alpha value is -3.57. The molecule has 3 N–H and O–H groups in total. The number of allylic oxidation sites excluding steroid dienone is 1. The minimum absolute atomic E-state index is 0.158. The summed E-state index contributed by atoms with van der Waals surface area (Å²) in [4.78, 5) is 25.8. The molecule has 0 saturated heterocycles.